The van der Waals surface area contributed by atoms with Gasteiger partial charge in [-0.3, -0.25) is 23.7 Å². The molecule has 2 fully saturated rings. The van der Waals surface area contributed by atoms with Crippen LogP contribution in [0, 0.1) is 0 Å². The molecule has 2 aliphatic rings. The highest BCUT2D eigenvalue weighted by molar-refractivity contribution is 7.52. The minimum absolute atomic E-state index is 0.0638. The Kier molecular flexibility index (Phi) is 9.67. The van der Waals surface area contributed by atoms with Crippen molar-refractivity contribution in [3.63, 3.8) is 0 Å². The first-order valence-corrected chi connectivity index (χ1v) is 18.5. The Labute approximate surface area is 299 Å². The molecule has 2 aliphatic heterocycles. The van der Waals surface area contributed by atoms with Crippen LogP contribution in [0.1, 0.15) is 45.9 Å². The van der Waals surface area contributed by atoms with Crippen LogP contribution >= 0.6 is 7.75 Å². The maximum Gasteiger partial charge on any atom is 0.459 e. The van der Waals surface area contributed by atoms with E-state index in [2.05, 4.69) is 20.0 Å². The van der Waals surface area contributed by atoms with Crippen molar-refractivity contribution in [2.45, 2.75) is 76.4 Å². The molecule has 4 heterocycles. The average Bonchev–Trinajstić information content (AvgIpc) is 3.72. The van der Waals surface area contributed by atoms with Crippen LogP contribution in [0.25, 0.3) is 21.9 Å². The number of hydrogen-bond acceptors (Lipinski definition) is 12. The molecule has 6 atom stereocenters. The SMILES string of the molecule is C[C@H](NP(=O)(OC[C@H]1O[C@@H](n2cnc3c(=O)[nH]c(N)nc32)[C@]2(C)OC(C)(C)O[C@H]12)Oc1cccc2ccccc12)C(=O)OCCCc1ccccc1. The highest BCUT2D eigenvalue weighted by Gasteiger charge is 2.64. The van der Waals surface area contributed by atoms with E-state index >= 15 is 0 Å². The lowest BCUT2D eigenvalue weighted by Gasteiger charge is -2.30. The van der Waals surface area contributed by atoms with Crippen LogP contribution in [0.3, 0.4) is 0 Å². The fourth-order valence-electron chi connectivity index (χ4n) is 6.80. The normalized spacial score (nSPS) is 24.0. The number of nitrogens with two attached hydrogens (primary N) is 1. The fourth-order valence-corrected chi connectivity index (χ4v) is 8.32. The van der Waals surface area contributed by atoms with Crippen LogP contribution < -0.4 is 20.9 Å². The molecule has 1 unspecified atom stereocenters. The van der Waals surface area contributed by atoms with Gasteiger partial charge >= 0.3 is 13.7 Å². The summed E-state index contributed by atoms with van der Waals surface area (Å²) in [5.74, 6) is -1.47. The Morgan fingerprint density at radius 2 is 1.85 bits per heavy atom. The first-order chi connectivity index (χ1) is 24.8. The number of nitrogen functional groups attached to an aromatic ring is 1. The van der Waals surface area contributed by atoms with E-state index in [4.69, 9.17) is 33.7 Å². The maximum absolute atomic E-state index is 14.7. The van der Waals surface area contributed by atoms with Crippen LogP contribution in [0.2, 0.25) is 0 Å². The summed E-state index contributed by atoms with van der Waals surface area (Å²) in [4.78, 5) is 36.7. The number of nitrogens with one attached hydrogen (secondary N) is 2. The van der Waals surface area contributed by atoms with Crippen LogP contribution in [-0.4, -0.2) is 68.3 Å². The quantitative estimate of drug-likeness (QED) is 0.0832. The molecule has 0 saturated carbocycles. The van der Waals surface area contributed by atoms with Gasteiger partial charge in [-0.2, -0.15) is 10.1 Å². The zero-order chi connectivity index (χ0) is 36.7. The Morgan fingerprint density at radius 1 is 1.10 bits per heavy atom. The van der Waals surface area contributed by atoms with Crippen molar-refractivity contribution in [2.75, 3.05) is 18.9 Å². The van der Waals surface area contributed by atoms with Gasteiger partial charge in [0, 0.05) is 5.39 Å². The molecule has 0 aliphatic carbocycles. The van der Waals surface area contributed by atoms with Crippen molar-refractivity contribution in [3.05, 3.63) is 95.0 Å². The van der Waals surface area contributed by atoms with E-state index in [1.54, 1.807) is 37.5 Å². The summed E-state index contributed by atoms with van der Waals surface area (Å²) in [7, 11) is -4.34. The Morgan fingerprint density at radius 3 is 2.65 bits per heavy atom. The summed E-state index contributed by atoms with van der Waals surface area (Å²) in [5, 5.41) is 4.33. The average molecular weight is 733 g/mol. The predicted octanol–water partition coefficient (Wildman–Crippen LogP) is 5.02. The molecule has 0 spiro atoms. The number of aromatic amines is 1. The van der Waals surface area contributed by atoms with Crippen molar-refractivity contribution < 1.29 is 37.4 Å². The second-order valence-electron chi connectivity index (χ2n) is 13.5. The standard InChI is InChI=1S/C36H41N6O9P/c1-22(32(44)46-19-11-14-23-12-6-5-7-13-23)41-52(45,50-26-18-10-16-24-15-8-9-17-25(24)26)47-20-27-29-36(4,51-35(2,3)49-29)33(48-27)42-21-38-28-30(42)39-34(37)40-31(28)43/h5-10,12-13,15-18,21-22,27,29,33H,11,14,19-20H2,1-4H3,(H,41,45)(H3,37,39,40,43)/t22-,27+,29+,33+,36+,52?/m0/s1. The van der Waals surface area contributed by atoms with Crippen molar-refractivity contribution >= 4 is 41.6 Å². The lowest BCUT2D eigenvalue weighted by molar-refractivity contribution is -0.216. The molecule has 0 amide bonds. The topological polar surface area (TPSA) is 191 Å². The van der Waals surface area contributed by atoms with E-state index in [-0.39, 0.29) is 36.1 Å². The summed E-state index contributed by atoms with van der Waals surface area (Å²) >= 11 is 0. The third-order valence-corrected chi connectivity index (χ3v) is 10.7. The number of ether oxygens (including phenoxy) is 4. The number of carbonyl (C=O) groups excluding carboxylic acids is 1. The van der Waals surface area contributed by atoms with E-state index in [0.29, 0.717) is 11.8 Å². The number of fused-ring (bicyclic) bond motifs is 3. The lowest BCUT2D eigenvalue weighted by atomic mass is 9.96. The second-order valence-corrected chi connectivity index (χ2v) is 15.2. The summed E-state index contributed by atoms with van der Waals surface area (Å²) < 4.78 is 53.3. The fraction of sp³-hybridized carbons (Fsp3) is 0.389. The number of esters is 1. The third-order valence-electron chi connectivity index (χ3n) is 9.06. The van der Waals surface area contributed by atoms with Crippen molar-refractivity contribution in [2.24, 2.45) is 0 Å². The van der Waals surface area contributed by atoms with E-state index in [1.165, 1.54) is 13.3 Å². The van der Waals surface area contributed by atoms with Crippen LogP contribution in [-0.2, 0) is 39.3 Å². The summed E-state index contributed by atoms with van der Waals surface area (Å²) in [6, 6.07) is 21.6. The Balaban J connectivity index is 1.12. The van der Waals surface area contributed by atoms with Gasteiger partial charge in [0.2, 0.25) is 5.95 Å². The molecule has 5 aromatic rings. The lowest BCUT2D eigenvalue weighted by Crippen LogP contribution is -2.42. The third kappa shape index (κ3) is 7.20. The van der Waals surface area contributed by atoms with Gasteiger partial charge in [0.05, 0.1) is 19.5 Å². The number of hydrogen-bond donors (Lipinski definition) is 3. The van der Waals surface area contributed by atoms with Crippen LogP contribution in [0.5, 0.6) is 5.75 Å². The van der Waals surface area contributed by atoms with E-state index in [9.17, 15) is 14.2 Å². The first kappa shape index (κ1) is 35.8. The van der Waals surface area contributed by atoms with Crippen molar-refractivity contribution in [1.82, 2.24) is 24.6 Å². The van der Waals surface area contributed by atoms with Crippen molar-refractivity contribution in [1.29, 1.82) is 0 Å². The molecule has 7 rings (SSSR count). The smallest absolute Gasteiger partial charge is 0.459 e. The molecule has 3 aromatic carbocycles. The molecule has 2 aromatic heterocycles. The number of aromatic nitrogens is 4. The molecule has 0 bridgehead atoms. The van der Waals surface area contributed by atoms with Crippen molar-refractivity contribution in [3.8, 4) is 5.75 Å². The summed E-state index contributed by atoms with van der Waals surface area (Å²) in [6.45, 7) is 6.73. The van der Waals surface area contributed by atoms with E-state index in [1.807, 2.05) is 60.7 Å². The largest absolute Gasteiger partial charge is 0.465 e. The minimum Gasteiger partial charge on any atom is -0.465 e. The minimum atomic E-state index is -4.34. The van der Waals surface area contributed by atoms with E-state index < -0.39 is 55.1 Å². The highest BCUT2D eigenvalue weighted by atomic mass is 31.2. The first-order valence-electron chi connectivity index (χ1n) is 17.0. The molecular formula is C36H41N6O9P. The van der Waals surface area contributed by atoms with Gasteiger partial charge in [-0.1, -0.05) is 66.7 Å². The van der Waals surface area contributed by atoms with Crippen LogP contribution in [0.4, 0.5) is 5.95 Å². The molecule has 0 radical (unpaired) electrons. The van der Waals surface area contributed by atoms with Gasteiger partial charge in [0.15, 0.2) is 23.2 Å². The number of anilines is 1. The number of carbonyl (C=O) groups is 1. The molecule has 52 heavy (non-hydrogen) atoms. The Hall–Kier alpha value is -4.63. The second kappa shape index (κ2) is 14.1. The van der Waals surface area contributed by atoms with Gasteiger partial charge in [0.1, 0.15) is 29.6 Å². The predicted molar refractivity (Wildman–Crippen MR) is 191 cm³/mol. The number of rotatable bonds is 13. The van der Waals surface area contributed by atoms with E-state index in [0.717, 1.165) is 17.4 Å². The molecular weight excluding hydrogens is 691 g/mol. The van der Waals surface area contributed by atoms with Gasteiger partial charge in [-0.05, 0) is 57.6 Å². The molecule has 274 valence electrons. The number of aryl methyl sites for hydroxylation is 1. The van der Waals surface area contributed by atoms with Gasteiger partial charge in [-0.15, -0.1) is 0 Å². The zero-order valence-corrected chi connectivity index (χ0v) is 30.1. The monoisotopic (exact) mass is 732 g/mol. The molecule has 4 N–H and O–H groups in total. The number of imidazole rings is 1. The van der Waals surface area contributed by atoms with Crippen LogP contribution in [0.15, 0.2) is 83.9 Å². The molecule has 2 saturated heterocycles. The summed E-state index contributed by atoms with van der Waals surface area (Å²) in [5.41, 5.74) is 5.59. The molecule has 16 heteroatoms. The summed E-state index contributed by atoms with van der Waals surface area (Å²) in [6.07, 6.45) is 0.234. The highest BCUT2D eigenvalue weighted by Crippen LogP contribution is 2.53. The number of benzene rings is 3. The maximum atomic E-state index is 14.7. The Bertz CT molecular complexity index is 2190. The number of H-pyrrole nitrogens is 1. The van der Waals surface area contributed by atoms with Gasteiger partial charge < -0.3 is 29.2 Å². The molecule has 15 nitrogen and oxygen atoms in total. The van der Waals surface area contributed by atoms with Gasteiger partial charge in [0.25, 0.3) is 5.56 Å². The van der Waals surface area contributed by atoms with Gasteiger partial charge in [-0.25, -0.2) is 9.55 Å². The zero-order valence-electron chi connectivity index (χ0n) is 29.2. The number of nitrogens with zero attached hydrogens (tertiary/aromatic N) is 3.